The van der Waals surface area contributed by atoms with E-state index in [0.717, 1.165) is 29.9 Å². The molecule has 1 aromatic heterocycles. The third kappa shape index (κ3) is 6.77. The van der Waals surface area contributed by atoms with Crippen molar-refractivity contribution in [1.82, 2.24) is 9.69 Å². The van der Waals surface area contributed by atoms with Crippen molar-refractivity contribution < 1.29 is 14.4 Å². The standard InChI is InChI=1S/C24H35N5O3S/c1-6-16-7-9-17(10-8-16)29(24(32)21-19(25)20(22(26)30)28-33-21)18(13-15(4)5)23(31)27-12-11-14(2)3/h7-10,14-15,18H,6,11-13,25H2,1-5H3,(H2,26,30)(H,27,31)/t18-/m0/s1. The van der Waals surface area contributed by atoms with E-state index < -0.39 is 17.9 Å². The summed E-state index contributed by atoms with van der Waals surface area (Å²) in [6.07, 6.45) is 2.14. The molecule has 9 heteroatoms. The lowest BCUT2D eigenvalue weighted by atomic mass is 9.99. The fourth-order valence-corrected chi connectivity index (χ4v) is 4.19. The first-order chi connectivity index (χ1) is 15.6. The molecule has 0 radical (unpaired) electrons. The number of rotatable bonds is 11. The second-order valence-electron chi connectivity index (χ2n) is 8.95. The topological polar surface area (TPSA) is 131 Å². The van der Waals surface area contributed by atoms with Crippen LogP contribution in [-0.2, 0) is 11.2 Å². The summed E-state index contributed by atoms with van der Waals surface area (Å²) < 4.78 is 3.97. The van der Waals surface area contributed by atoms with Gasteiger partial charge in [0.2, 0.25) is 5.91 Å². The smallest absolute Gasteiger partial charge is 0.272 e. The second kappa shape index (κ2) is 11.8. The van der Waals surface area contributed by atoms with Gasteiger partial charge in [-0.3, -0.25) is 19.3 Å². The Labute approximate surface area is 199 Å². The summed E-state index contributed by atoms with van der Waals surface area (Å²) in [4.78, 5) is 40.2. The Bertz CT molecular complexity index is 969. The fraction of sp³-hybridized carbons (Fsp3) is 0.500. The van der Waals surface area contributed by atoms with Gasteiger partial charge in [-0.25, -0.2) is 0 Å². The van der Waals surface area contributed by atoms with Crippen molar-refractivity contribution in [2.75, 3.05) is 17.2 Å². The zero-order valence-electron chi connectivity index (χ0n) is 20.1. The summed E-state index contributed by atoms with van der Waals surface area (Å²) in [6.45, 7) is 10.8. The molecule has 1 atom stereocenters. The fourth-order valence-electron chi connectivity index (χ4n) is 3.45. The van der Waals surface area contributed by atoms with Crippen LogP contribution in [0.4, 0.5) is 11.4 Å². The molecule has 0 spiro atoms. The number of nitrogen functional groups attached to an aromatic ring is 1. The number of amides is 3. The van der Waals surface area contributed by atoms with Crippen molar-refractivity contribution in [2.45, 2.75) is 59.9 Å². The molecule has 180 valence electrons. The maximum Gasteiger partial charge on any atom is 0.272 e. The number of aromatic nitrogens is 1. The van der Waals surface area contributed by atoms with Gasteiger partial charge >= 0.3 is 0 Å². The summed E-state index contributed by atoms with van der Waals surface area (Å²) in [5, 5.41) is 2.99. The molecule has 5 N–H and O–H groups in total. The molecule has 2 rings (SSSR count). The number of nitrogens with zero attached hydrogens (tertiary/aromatic N) is 2. The Hall–Kier alpha value is -2.94. The maximum absolute atomic E-state index is 13.8. The molecule has 33 heavy (non-hydrogen) atoms. The molecule has 0 fully saturated rings. The molecule has 0 unspecified atom stereocenters. The number of hydrogen-bond donors (Lipinski definition) is 3. The Kier molecular flexibility index (Phi) is 9.40. The first kappa shape index (κ1) is 26.3. The van der Waals surface area contributed by atoms with Crippen LogP contribution in [0.25, 0.3) is 0 Å². The van der Waals surface area contributed by atoms with Crippen LogP contribution in [0.15, 0.2) is 24.3 Å². The lowest BCUT2D eigenvalue weighted by Gasteiger charge is -2.32. The first-order valence-corrected chi connectivity index (χ1v) is 12.1. The number of benzene rings is 1. The van der Waals surface area contributed by atoms with Crippen molar-refractivity contribution in [3.8, 4) is 0 Å². The predicted octanol–water partition coefficient (Wildman–Crippen LogP) is 3.61. The van der Waals surface area contributed by atoms with Gasteiger partial charge in [0, 0.05) is 12.2 Å². The molecule has 0 bridgehead atoms. The lowest BCUT2D eigenvalue weighted by molar-refractivity contribution is -0.122. The number of carbonyl (C=O) groups excluding carboxylic acids is 3. The quantitative estimate of drug-likeness (QED) is 0.459. The van der Waals surface area contributed by atoms with Crippen molar-refractivity contribution in [2.24, 2.45) is 17.6 Å². The van der Waals surface area contributed by atoms with E-state index in [1.54, 1.807) is 0 Å². The number of hydrogen-bond acceptors (Lipinski definition) is 6. The van der Waals surface area contributed by atoms with Gasteiger partial charge in [0.05, 0.1) is 5.69 Å². The number of anilines is 2. The van der Waals surface area contributed by atoms with Crippen LogP contribution in [0.3, 0.4) is 0 Å². The van der Waals surface area contributed by atoms with Gasteiger partial charge < -0.3 is 16.8 Å². The van der Waals surface area contributed by atoms with Gasteiger partial charge in [-0.05, 0) is 60.3 Å². The zero-order chi connectivity index (χ0) is 24.7. The molecule has 0 saturated heterocycles. The van der Waals surface area contributed by atoms with Crippen molar-refractivity contribution in [1.29, 1.82) is 0 Å². The highest BCUT2D eigenvalue weighted by Gasteiger charge is 2.35. The normalized spacial score (nSPS) is 12.1. The molecular weight excluding hydrogens is 438 g/mol. The van der Waals surface area contributed by atoms with Crippen LogP contribution in [0.2, 0.25) is 0 Å². The van der Waals surface area contributed by atoms with Crippen LogP contribution in [-0.4, -0.2) is 34.7 Å². The minimum absolute atomic E-state index is 0.0591. The van der Waals surface area contributed by atoms with E-state index in [-0.39, 0.29) is 28.1 Å². The highest BCUT2D eigenvalue weighted by molar-refractivity contribution is 7.09. The van der Waals surface area contributed by atoms with Crippen LogP contribution in [0.1, 0.15) is 73.2 Å². The number of carbonyl (C=O) groups is 3. The van der Waals surface area contributed by atoms with E-state index in [2.05, 4.69) is 23.5 Å². The average molecular weight is 474 g/mol. The highest BCUT2D eigenvalue weighted by atomic mass is 32.1. The summed E-state index contributed by atoms with van der Waals surface area (Å²) in [7, 11) is 0. The summed E-state index contributed by atoms with van der Waals surface area (Å²) >= 11 is 0.814. The Morgan fingerprint density at radius 3 is 2.21 bits per heavy atom. The number of nitrogens with two attached hydrogens (primary N) is 2. The van der Waals surface area contributed by atoms with Crippen LogP contribution in [0.5, 0.6) is 0 Å². The first-order valence-electron chi connectivity index (χ1n) is 11.3. The van der Waals surface area contributed by atoms with Gasteiger partial charge in [-0.15, -0.1) is 0 Å². The van der Waals surface area contributed by atoms with Crippen LogP contribution >= 0.6 is 11.5 Å². The molecule has 3 amide bonds. The molecule has 1 heterocycles. The largest absolute Gasteiger partial charge is 0.395 e. The number of primary amides is 1. The zero-order valence-corrected chi connectivity index (χ0v) is 20.9. The molecular formula is C24H35N5O3S. The van der Waals surface area contributed by atoms with Gasteiger partial charge in [-0.2, -0.15) is 4.37 Å². The highest BCUT2D eigenvalue weighted by Crippen LogP contribution is 2.29. The minimum atomic E-state index is -0.799. The number of aryl methyl sites for hydroxylation is 1. The Balaban J connectivity index is 2.53. The summed E-state index contributed by atoms with van der Waals surface area (Å²) in [6, 6.07) is 6.78. The molecule has 0 aliphatic heterocycles. The molecule has 8 nitrogen and oxygen atoms in total. The predicted molar refractivity (Wildman–Crippen MR) is 133 cm³/mol. The van der Waals surface area contributed by atoms with E-state index in [9.17, 15) is 14.4 Å². The monoisotopic (exact) mass is 473 g/mol. The van der Waals surface area contributed by atoms with Gasteiger partial charge in [0.1, 0.15) is 10.9 Å². The molecule has 2 aromatic rings. The SMILES string of the molecule is CCc1ccc(N(C(=O)c2snc(C(N)=O)c2N)[C@@H](CC(C)C)C(=O)NCCC(C)C)cc1. The van der Waals surface area contributed by atoms with Gasteiger partial charge in [0.15, 0.2) is 5.69 Å². The third-order valence-corrected chi connectivity index (χ3v) is 6.18. The molecule has 1 aromatic carbocycles. The Morgan fingerprint density at radius 1 is 1.09 bits per heavy atom. The average Bonchev–Trinajstić information content (AvgIpc) is 3.14. The number of nitrogens with one attached hydrogen (secondary N) is 1. The summed E-state index contributed by atoms with van der Waals surface area (Å²) in [5.41, 5.74) is 12.9. The molecule has 0 saturated carbocycles. The van der Waals surface area contributed by atoms with E-state index in [4.69, 9.17) is 11.5 Å². The lowest BCUT2D eigenvalue weighted by Crippen LogP contribution is -2.51. The van der Waals surface area contributed by atoms with E-state index in [0.29, 0.717) is 24.6 Å². The maximum atomic E-state index is 13.8. The van der Waals surface area contributed by atoms with Crippen LogP contribution < -0.4 is 21.7 Å². The van der Waals surface area contributed by atoms with Crippen molar-refractivity contribution in [3.63, 3.8) is 0 Å². The molecule has 0 aliphatic rings. The molecule has 0 aliphatic carbocycles. The van der Waals surface area contributed by atoms with Crippen molar-refractivity contribution >= 4 is 40.6 Å². The van der Waals surface area contributed by atoms with E-state index in [1.165, 1.54) is 4.90 Å². The van der Waals surface area contributed by atoms with E-state index in [1.807, 2.05) is 45.0 Å². The second-order valence-corrected chi connectivity index (χ2v) is 9.73. The third-order valence-electron chi connectivity index (χ3n) is 5.33. The van der Waals surface area contributed by atoms with E-state index >= 15 is 0 Å². The van der Waals surface area contributed by atoms with Crippen LogP contribution in [0, 0.1) is 11.8 Å². The van der Waals surface area contributed by atoms with Gasteiger partial charge in [-0.1, -0.05) is 46.8 Å². The van der Waals surface area contributed by atoms with Gasteiger partial charge in [0.25, 0.3) is 11.8 Å². The minimum Gasteiger partial charge on any atom is -0.395 e. The Morgan fingerprint density at radius 2 is 1.73 bits per heavy atom. The summed E-state index contributed by atoms with van der Waals surface area (Å²) in [5.74, 6) is -0.915. The van der Waals surface area contributed by atoms with Crippen molar-refractivity contribution in [3.05, 3.63) is 40.4 Å².